The molecule has 4 aliphatic rings. The summed E-state index contributed by atoms with van der Waals surface area (Å²) in [6.07, 6.45) is 8.47. The lowest BCUT2D eigenvalue weighted by atomic mass is 9.70. The van der Waals surface area contributed by atoms with Crippen LogP contribution in [0.3, 0.4) is 0 Å². The third kappa shape index (κ3) is 3.88. The molecule has 4 fully saturated rings. The van der Waals surface area contributed by atoms with Crippen LogP contribution in [0.4, 0.5) is 0 Å². The summed E-state index contributed by atoms with van der Waals surface area (Å²) in [5, 5.41) is 12.5. The van der Waals surface area contributed by atoms with Crippen LogP contribution in [0, 0.1) is 28.1 Å². The van der Waals surface area contributed by atoms with Gasteiger partial charge in [-0.1, -0.05) is 33.1 Å². The van der Waals surface area contributed by atoms with Crippen molar-refractivity contribution < 1.29 is 17.8 Å². The maximum atomic E-state index is 11.9. The minimum atomic E-state index is -4.08. The first-order valence-electron chi connectivity index (χ1n) is 10.2. The summed E-state index contributed by atoms with van der Waals surface area (Å²) in [6.45, 7) is 5.91. The molecule has 6 nitrogen and oxygen atoms in total. The highest BCUT2D eigenvalue weighted by molar-refractivity contribution is 8.01. The monoisotopic (exact) mass is 428 g/mol. The number of hydrogen-bond donors (Lipinski definition) is 2. The molecule has 2 bridgehead atoms. The quantitative estimate of drug-likeness (QED) is 0.648. The molecule has 2 N–H and O–H groups in total. The Balaban J connectivity index is 0.000000162. The molecule has 3 saturated carbocycles. The third-order valence-corrected chi connectivity index (χ3v) is 10.3. The third-order valence-electron chi connectivity index (χ3n) is 7.62. The van der Waals surface area contributed by atoms with Gasteiger partial charge in [0.1, 0.15) is 11.3 Å². The molecule has 1 spiro atoms. The second-order valence-electron chi connectivity index (χ2n) is 9.81. The Labute approximate surface area is 173 Å². The van der Waals surface area contributed by atoms with Crippen LogP contribution >= 0.6 is 11.8 Å². The van der Waals surface area contributed by atoms with Gasteiger partial charge in [-0.3, -0.25) is 14.7 Å². The normalized spacial score (nSPS) is 38.1. The fraction of sp³-hybridized carbons (Fsp3) is 0.900. The van der Waals surface area contributed by atoms with Gasteiger partial charge in [0.25, 0.3) is 10.1 Å². The summed E-state index contributed by atoms with van der Waals surface area (Å²) in [4.78, 5) is 12.1. The Morgan fingerprint density at radius 3 is 2.29 bits per heavy atom. The van der Waals surface area contributed by atoms with Crippen molar-refractivity contribution in [2.24, 2.45) is 16.7 Å². The predicted molar refractivity (Wildman–Crippen MR) is 110 cm³/mol. The van der Waals surface area contributed by atoms with Gasteiger partial charge in [-0.2, -0.15) is 13.7 Å². The van der Waals surface area contributed by atoms with Crippen molar-refractivity contribution in [3.8, 4) is 6.07 Å². The first-order valence-corrected chi connectivity index (χ1v) is 12.8. The number of nitrogens with one attached hydrogen (secondary N) is 1. The molecule has 1 aliphatic heterocycles. The minimum Gasteiger partial charge on any atom is -0.299 e. The number of carbonyl (C=O) groups excluding carboxylic acids is 1. The Kier molecular flexibility index (Phi) is 5.72. The molecule has 0 radical (unpaired) electrons. The smallest absolute Gasteiger partial charge is 0.265 e. The topological polar surface area (TPSA) is 107 Å². The van der Waals surface area contributed by atoms with Crippen LogP contribution in [0.5, 0.6) is 0 Å². The molecular weight excluding hydrogens is 396 g/mol. The summed E-state index contributed by atoms with van der Waals surface area (Å²) in [5.41, 5.74) is -1.40. The molecule has 0 aromatic rings. The SMILES string of the molecule is CC1(C#N)CSC2(CCCCC2)N1.CC1(C)[C@H]2CC[C@]1(CS(=O)(=O)O)C(=O)C2. The Hall–Kier alpha value is -0.620. The van der Waals surface area contributed by atoms with E-state index in [1.807, 2.05) is 32.5 Å². The zero-order valence-electron chi connectivity index (χ0n) is 17.1. The highest BCUT2D eigenvalue weighted by Gasteiger charge is 2.65. The fourth-order valence-corrected chi connectivity index (χ4v) is 8.61. The highest BCUT2D eigenvalue weighted by atomic mass is 32.2. The summed E-state index contributed by atoms with van der Waals surface area (Å²) >= 11 is 1.96. The number of thioether (sulfide) groups is 1. The first-order chi connectivity index (χ1) is 12.9. The molecule has 0 aromatic carbocycles. The Bertz CT molecular complexity index is 783. The van der Waals surface area contributed by atoms with Gasteiger partial charge in [0, 0.05) is 12.2 Å². The Morgan fingerprint density at radius 1 is 1.21 bits per heavy atom. The average Bonchev–Trinajstić information content (AvgIpc) is 3.11. The molecule has 4 rings (SSSR count). The van der Waals surface area contributed by atoms with E-state index in [2.05, 4.69) is 11.4 Å². The van der Waals surface area contributed by atoms with Gasteiger partial charge in [-0.25, -0.2) is 0 Å². The van der Waals surface area contributed by atoms with E-state index in [4.69, 9.17) is 9.81 Å². The van der Waals surface area contributed by atoms with Crippen molar-refractivity contribution in [2.45, 2.75) is 82.5 Å². The first kappa shape index (κ1) is 22.1. The number of ketones is 1. The van der Waals surface area contributed by atoms with Crippen LogP contribution in [0.1, 0.15) is 72.1 Å². The molecule has 1 unspecified atom stereocenters. The summed E-state index contributed by atoms with van der Waals surface area (Å²) in [5.74, 6) is 0.847. The van der Waals surface area contributed by atoms with E-state index in [1.165, 1.54) is 32.1 Å². The van der Waals surface area contributed by atoms with E-state index in [0.717, 1.165) is 12.2 Å². The number of hydrogen-bond acceptors (Lipinski definition) is 6. The van der Waals surface area contributed by atoms with Crippen LogP contribution in [0.25, 0.3) is 0 Å². The molecule has 8 heteroatoms. The van der Waals surface area contributed by atoms with Crippen molar-refractivity contribution in [3.63, 3.8) is 0 Å². The number of rotatable bonds is 2. The maximum absolute atomic E-state index is 11.9. The van der Waals surface area contributed by atoms with Crippen LogP contribution < -0.4 is 5.32 Å². The fourth-order valence-electron chi connectivity index (χ4n) is 5.73. The molecule has 158 valence electrons. The van der Waals surface area contributed by atoms with Crippen LogP contribution in [0.15, 0.2) is 0 Å². The van der Waals surface area contributed by atoms with Gasteiger partial charge in [0.2, 0.25) is 0 Å². The van der Waals surface area contributed by atoms with Crippen LogP contribution in [-0.4, -0.2) is 40.7 Å². The summed E-state index contributed by atoms with van der Waals surface area (Å²) in [6, 6.07) is 2.38. The van der Waals surface area contributed by atoms with Gasteiger partial charge in [0.05, 0.1) is 22.1 Å². The zero-order valence-corrected chi connectivity index (χ0v) is 18.7. The van der Waals surface area contributed by atoms with Crippen molar-refractivity contribution in [3.05, 3.63) is 0 Å². The highest BCUT2D eigenvalue weighted by Crippen LogP contribution is 2.64. The lowest BCUT2D eigenvalue weighted by molar-refractivity contribution is -0.128. The summed E-state index contributed by atoms with van der Waals surface area (Å²) < 4.78 is 31.0. The van der Waals surface area contributed by atoms with Crippen LogP contribution in [-0.2, 0) is 14.9 Å². The molecule has 28 heavy (non-hydrogen) atoms. The van der Waals surface area contributed by atoms with Crippen molar-refractivity contribution in [1.29, 1.82) is 5.26 Å². The number of Topliss-reactive ketones (excluding diaryl/α,β-unsaturated/α-hetero) is 1. The van der Waals surface area contributed by atoms with Gasteiger partial charge in [-0.05, 0) is 43.9 Å². The van der Waals surface area contributed by atoms with E-state index in [1.54, 1.807) is 0 Å². The second kappa shape index (κ2) is 7.26. The molecular formula is C20H32N2O4S2. The number of carbonyl (C=O) groups is 1. The van der Waals surface area contributed by atoms with E-state index in [9.17, 15) is 13.2 Å². The van der Waals surface area contributed by atoms with Crippen molar-refractivity contribution >= 4 is 27.7 Å². The minimum absolute atomic E-state index is 0.0152. The molecule has 0 amide bonds. The van der Waals surface area contributed by atoms with Gasteiger partial charge >= 0.3 is 0 Å². The van der Waals surface area contributed by atoms with E-state index in [-0.39, 0.29) is 27.5 Å². The summed E-state index contributed by atoms with van der Waals surface area (Å²) in [7, 11) is -4.08. The molecule has 3 aliphatic carbocycles. The largest absolute Gasteiger partial charge is 0.299 e. The molecule has 1 saturated heterocycles. The van der Waals surface area contributed by atoms with Gasteiger partial charge in [-0.15, -0.1) is 11.8 Å². The molecule has 0 aromatic heterocycles. The maximum Gasteiger partial charge on any atom is 0.265 e. The van der Waals surface area contributed by atoms with Crippen LogP contribution in [0.2, 0.25) is 0 Å². The van der Waals surface area contributed by atoms with E-state index >= 15 is 0 Å². The zero-order chi connectivity index (χ0) is 20.8. The number of fused-ring (bicyclic) bond motifs is 2. The van der Waals surface area contributed by atoms with Gasteiger partial charge < -0.3 is 0 Å². The van der Waals surface area contributed by atoms with Gasteiger partial charge in [0.15, 0.2) is 0 Å². The van der Waals surface area contributed by atoms with E-state index < -0.39 is 21.3 Å². The predicted octanol–water partition coefficient (Wildman–Crippen LogP) is 3.54. The Morgan fingerprint density at radius 2 is 1.86 bits per heavy atom. The molecule has 1 heterocycles. The molecule has 3 atom stereocenters. The number of nitrogens with zero attached hydrogens (tertiary/aromatic N) is 1. The number of nitriles is 1. The average molecular weight is 429 g/mol. The lowest BCUT2D eigenvalue weighted by Crippen LogP contribution is -2.49. The van der Waals surface area contributed by atoms with E-state index in [0.29, 0.717) is 12.8 Å². The van der Waals surface area contributed by atoms with Crippen molar-refractivity contribution in [1.82, 2.24) is 5.32 Å². The lowest BCUT2D eigenvalue weighted by Gasteiger charge is -2.35. The standard InChI is InChI=1S/C10H16N2S.C10H16O4S/c1-9(7-11)8-13-10(12-9)5-3-2-4-6-10;1-9(2)7-3-4-10(9,8(11)5-7)6-15(12,13)14/h12H,2-6,8H2,1H3;7H,3-6H2,1-2H3,(H,12,13,14)/t;7-,10-/m.0/s1. The van der Waals surface area contributed by atoms with Crippen molar-refractivity contribution in [2.75, 3.05) is 11.5 Å². The second-order valence-corrected chi connectivity index (χ2v) is 12.6.